The number of hydrogen-bond donors (Lipinski definition) is 5. The number of H-pyrrole nitrogens is 2. The van der Waals surface area contributed by atoms with Crippen LogP contribution in [0.1, 0.15) is 40.4 Å². The van der Waals surface area contributed by atoms with Gasteiger partial charge in [-0.3, -0.25) is 19.1 Å². The molecule has 42 heavy (non-hydrogen) atoms. The summed E-state index contributed by atoms with van der Waals surface area (Å²) >= 11 is 0. The van der Waals surface area contributed by atoms with E-state index in [-0.39, 0.29) is 41.2 Å². The Labute approximate surface area is 241 Å². The van der Waals surface area contributed by atoms with Gasteiger partial charge in [0.05, 0.1) is 18.6 Å². The number of fused-ring (bicyclic) bond motifs is 1. The molecule has 4 rings (SSSR count). The number of aliphatic hydroxyl groups excluding tert-OH is 1. The Balaban J connectivity index is 1.65. The van der Waals surface area contributed by atoms with Gasteiger partial charge in [0.15, 0.2) is 17.0 Å². The third kappa shape index (κ3) is 6.20. The number of aromatic nitrogens is 4. The van der Waals surface area contributed by atoms with Crippen molar-refractivity contribution in [1.29, 1.82) is 0 Å². The predicted molar refractivity (Wildman–Crippen MR) is 150 cm³/mol. The molecular formula is C26H36FN6O8P. The Kier molecular flexibility index (Phi) is 9.09. The molecule has 1 saturated heterocycles. The number of ether oxygens (including phenoxy) is 1. The van der Waals surface area contributed by atoms with Crippen LogP contribution in [-0.2, 0) is 24.5 Å². The van der Waals surface area contributed by atoms with Crippen LogP contribution < -0.4 is 15.8 Å². The molecule has 0 bridgehead atoms. The van der Waals surface area contributed by atoms with Crippen molar-refractivity contribution in [3.63, 3.8) is 0 Å². The maximum Gasteiger partial charge on any atom is 0.462 e. The number of hydrogen-bond acceptors (Lipinski definition) is 10. The van der Waals surface area contributed by atoms with E-state index in [1.54, 1.807) is 18.2 Å². The lowest BCUT2D eigenvalue weighted by molar-refractivity contribution is -0.171. The normalized spacial score (nSPS) is 25.5. The van der Waals surface area contributed by atoms with E-state index < -0.39 is 61.7 Å². The van der Waals surface area contributed by atoms with Crippen LogP contribution in [-0.4, -0.2) is 72.2 Å². The second-order valence-corrected chi connectivity index (χ2v) is 12.7. The summed E-state index contributed by atoms with van der Waals surface area (Å²) < 4.78 is 49.2. The van der Waals surface area contributed by atoms with Gasteiger partial charge in [0.1, 0.15) is 17.9 Å². The van der Waals surface area contributed by atoms with Crippen LogP contribution in [0.2, 0.25) is 0 Å². The van der Waals surface area contributed by atoms with Crippen molar-refractivity contribution in [2.75, 3.05) is 18.9 Å². The Morgan fingerprint density at radius 3 is 2.52 bits per heavy atom. The lowest BCUT2D eigenvalue weighted by Crippen LogP contribution is -2.42. The quantitative estimate of drug-likeness (QED) is 0.188. The number of benzene rings is 1. The second-order valence-electron chi connectivity index (χ2n) is 10.8. The van der Waals surface area contributed by atoms with E-state index in [4.69, 9.17) is 19.5 Å². The highest BCUT2D eigenvalue weighted by molar-refractivity contribution is 7.51. The monoisotopic (exact) mass is 610 g/mol. The first-order valence-electron chi connectivity index (χ1n) is 13.5. The van der Waals surface area contributed by atoms with Gasteiger partial charge in [-0.2, -0.15) is 9.65 Å². The lowest BCUT2D eigenvalue weighted by Gasteiger charge is -2.35. The molecule has 3 heterocycles. The zero-order valence-corrected chi connectivity index (χ0v) is 24.7. The van der Waals surface area contributed by atoms with Crippen molar-refractivity contribution >= 4 is 30.8 Å². The summed E-state index contributed by atoms with van der Waals surface area (Å²) in [4.78, 5) is 37.0. The van der Waals surface area contributed by atoms with E-state index in [9.17, 15) is 24.4 Å². The van der Waals surface area contributed by atoms with E-state index in [0.29, 0.717) is 0 Å². The smallest absolute Gasteiger partial charge is 0.462 e. The highest BCUT2D eigenvalue weighted by atomic mass is 31.2. The van der Waals surface area contributed by atoms with Crippen LogP contribution in [0.5, 0.6) is 5.75 Å². The number of alkyl halides is 1. The number of para-hydroxylation sites is 1. The van der Waals surface area contributed by atoms with E-state index in [1.165, 1.54) is 26.0 Å². The number of nitrogens with zero attached hydrogens (tertiary/aromatic N) is 3. The molecule has 0 spiro atoms. The minimum atomic E-state index is -4.46. The highest BCUT2D eigenvalue weighted by Crippen LogP contribution is 2.55. The number of imidazole rings is 1. The minimum absolute atomic E-state index is 0.0381. The molecule has 0 radical (unpaired) electrons. The summed E-state index contributed by atoms with van der Waals surface area (Å²) in [6, 6.07) is 6.79. The summed E-state index contributed by atoms with van der Waals surface area (Å²) in [5.41, 5.74) is 4.60. The Morgan fingerprint density at radius 2 is 1.90 bits per heavy atom. The molecule has 1 fully saturated rings. The zero-order chi connectivity index (χ0) is 31.0. The summed E-state index contributed by atoms with van der Waals surface area (Å²) in [7, 11) is -4.46. The van der Waals surface area contributed by atoms with Gasteiger partial charge in [0, 0.05) is 6.54 Å². The van der Waals surface area contributed by atoms with E-state index in [0.717, 1.165) is 4.67 Å². The third-order valence-corrected chi connectivity index (χ3v) is 9.66. The number of carboxylic acid groups (broad SMARTS) is 1. The number of anilines is 1. The zero-order valence-electron chi connectivity index (χ0n) is 23.9. The second kappa shape index (κ2) is 12.1. The van der Waals surface area contributed by atoms with Gasteiger partial charge < -0.3 is 30.2 Å². The number of aromatic amines is 2. The van der Waals surface area contributed by atoms with Gasteiger partial charge in [-0.1, -0.05) is 45.9 Å². The molecule has 2 aromatic heterocycles. The molecule has 0 saturated carbocycles. The Morgan fingerprint density at radius 1 is 1.24 bits per heavy atom. The van der Waals surface area contributed by atoms with Crippen molar-refractivity contribution < 1.29 is 37.7 Å². The van der Waals surface area contributed by atoms with Crippen LogP contribution >= 0.6 is 7.75 Å². The van der Waals surface area contributed by atoms with Crippen LogP contribution in [0.3, 0.4) is 0 Å². The first kappa shape index (κ1) is 31.6. The Hall–Kier alpha value is -3.36. The Bertz CT molecular complexity index is 1520. The standard InChI is InChI=1S/C26H36FN6O8P/c1-13(2)14(3)11-33(16(5)23(36)37)42(38,41-17-9-7-6-8-10-17)39-12-18-20(34)15(4)26(27,40-18)24-29-19-21(30-24)31-25(28)32-22(19)35/h6-10,13-16,18,20,34H,11-12H2,1-5H3,(H,36,37)(H4,28,29,30,31,32,35)/t14?,15-,16?,18-,20+,26-,42-/m1/s1. The van der Waals surface area contributed by atoms with E-state index >= 15 is 4.39 Å². The van der Waals surface area contributed by atoms with Gasteiger partial charge in [0.2, 0.25) is 5.95 Å². The van der Waals surface area contributed by atoms with Crippen LogP contribution in [0.25, 0.3) is 11.2 Å². The minimum Gasteiger partial charge on any atom is -0.480 e. The number of nitrogens with two attached hydrogens (primary N) is 1. The number of aliphatic carboxylic acids is 1. The maximum atomic E-state index is 16.3. The molecule has 1 aromatic carbocycles. The topological polar surface area (TPSA) is 206 Å². The molecule has 2 unspecified atom stereocenters. The fourth-order valence-corrected chi connectivity index (χ4v) is 6.48. The van der Waals surface area contributed by atoms with Gasteiger partial charge >= 0.3 is 13.7 Å². The van der Waals surface area contributed by atoms with Crippen molar-refractivity contribution in [2.24, 2.45) is 17.8 Å². The highest BCUT2D eigenvalue weighted by Gasteiger charge is 2.57. The molecule has 14 nitrogen and oxygen atoms in total. The van der Waals surface area contributed by atoms with Gasteiger partial charge in [-0.15, -0.1) is 0 Å². The fraction of sp³-hybridized carbons (Fsp3) is 0.538. The van der Waals surface area contributed by atoms with Crippen LogP contribution in [0.4, 0.5) is 10.3 Å². The molecule has 6 N–H and O–H groups in total. The number of aliphatic hydroxyl groups is 1. The molecule has 7 atom stereocenters. The van der Waals surface area contributed by atoms with Gasteiger partial charge in [-0.05, 0) is 30.9 Å². The summed E-state index contributed by atoms with van der Waals surface area (Å²) in [6.45, 7) is 7.90. The summed E-state index contributed by atoms with van der Waals surface area (Å²) in [5, 5.41) is 20.8. The largest absolute Gasteiger partial charge is 0.480 e. The average Bonchev–Trinajstić information content (AvgIpc) is 3.46. The molecule has 0 aliphatic carbocycles. The first-order valence-corrected chi connectivity index (χ1v) is 15.0. The maximum absolute atomic E-state index is 16.3. The van der Waals surface area contributed by atoms with Crippen molar-refractivity contribution in [3.8, 4) is 5.75 Å². The van der Waals surface area contributed by atoms with E-state index in [1.807, 2.05) is 20.8 Å². The third-order valence-electron chi connectivity index (χ3n) is 7.60. The van der Waals surface area contributed by atoms with Crippen molar-refractivity contribution in [1.82, 2.24) is 24.6 Å². The van der Waals surface area contributed by atoms with E-state index in [2.05, 4.69) is 19.9 Å². The number of rotatable bonds is 12. The number of carbonyl (C=O) groups is 1. The van der Waals surface area contributed by atoms with Crippen molar-refractivity contribution in [3.05, 3.63) is 46.5 Å². The average molecular weight is 611 g/mol. The lowest BCUT2D eigenvalue weighted by atomic mass is 9.96. The number of nitrogen functional groups attached to an aromatic ring is 1. The molecule has 1 aliphatic heterocycles. The molecule has 16 heteroatoms. The summed E-state index contributed by atoms with van der Waals surface area (Å²) in [5.74, 6) is -5.71. The van der Waals surface area contributed by atoms with Crippen LogP contribution in [0.15, 0.2) is 35.1 Å². The van der Waals surface area contributed by atoms with Gasteiger partial charge in [-0.25, -0.2) is 13.9 Å². The molecule has 0 amide bonds. The molecule has 3 aromatic rings. The van der Waals surface area contributed by atoms with Crippen LogP contribution in [0, 0.1) is 17.8 Å². The molecule has 1 aliphatic rings. The predicted octanol–water partition coefficient (Wildman–Crippen LogP) is 3.02. The number of nitrogens with one attached hydrogen (secondary N) is 2. The first-order chi connectivity index (χ1) is 19.7. The summed E-state index contributed by atoms with van der Waals surface area (Å²) in [6.07, 6.45) is -2.86. The molecular weight excluding hydrogens is 574 g/mol. The molecule has 230 valence electrons. The van der Waals surface area contributed by atoms with Crippen molar-refractivity contribution in [2.45, 2.75) is 58.7 Å². The van der Waals surface area contributed by atoms with Gasteiger partial charge in [0.25, 0.3) is 11.4 Å². The SMILES string of the molecule is CC(C)C(C)CN(C(C)C(=O)O)[P@@](=O)(OC[C@H]1O[C@@](F)(c2nc3nc(N)[nH]c(=O)c3[nH]2)[C@H](C)[C@@H]1O)Oc1ccccc1. The number of carboxylic acids is 1. The fourth-order valence-electron chi connectivity index (χ4n) is 4.47. The number of halogens is 1.